The van der Waals surface area contributed by atoms with Crippen molar-refractivity contribution in [1.82, 2.24) is 6.15 Å². The van der Waals surface area contributed by atoms with Gasteiger partial charge in [-0.15, -0.1) is 0 Å². The van der Waals surface area contributed by atoms with Crippen LogP contribution in [-0.2, 0) is 9.09 Å². The van der Waals surface area contributed by atoms with Gasteiger partial charge in [-0.2, -0.15) is 0 Å². The minimum atomic E-state index is -3.71. The largest absolute Gasteiger partial charge is 0.400 e. The molecule has 0 aromatic heterocycles. The van der Waals surface area contributed by atoms with E-state index >= 15 is 0 Å². The van der Waals surface area contributed by atoms with E-state index in [1.807, 2.05) is 0 Å². The highest BCUT2D eigenvalue weighted by Crippen LogP contribution is 2.31. The van der Waals surface area contributed by atoms with Gasteiger partial charge in [0.25, 0.3) is 0 Å². The molecule has 0 radical (unpaired) electrons. The third-order valence-electron chi connectivity index (χ3n) is 1.27. The molecule has 0 aromatic rings. The molecule has 0 aliphatic carbocycles. The minimum Gasteiger partial charge on any atom is -0.344 e. The van der Waals surface area contributed by atoms with Crippen LogP contribution >= 0.6 is 7.75 Å². The summed E-state index contributed by atoms with van der Waals surface area (Å²) in [5.74, 6) is 0. The van der Waals surface area contributed by atoms with E-state index < -0.39 is 7.75 Å². The normalized spacial score (nSPS) is 14.9. The van der Waals surface area contributed by atoms with Crippen molar-refractivity contribution in [1.29, 1.82) is 0 Å². The Labute approximate surface area is 73.5 Å². The first-order valence-corrected chi connectivity index (χ1v) is 5.47. The second-order valence-electron chi connectivity index (χ2n) is 2.46. The predicted molar refractivity (Wildman–Crippen MR) is 49.1 cm³/mol. The molecular formula is C6H19N2O3P. The van der Waals surface area contributed by atoms with Gasteiger partial charge in [-0.25, -0.2) is 10.1 Å². The van der Waals surface area contributed by atoms with E-state index in [4.69, 9.17) is 10.4 Å². The van der Waals surface area contributed by atoms with Crippen LogP contribution in [0.3, 0.4) is 0 Å². The molecule has 6 heteroatoms. The maximum atomic E-state index is 10.4. The maximum Gasteiger partial charge on any atom is 0.400 e. The third-order valence-corrected chi connectivity index (χ3v) is 1.83. The van der Waals surface area contributed by atoms with Gasteiger partial charge in [0.2, 0.25) is 0 Å². The summed E-state index contributed by atoms with van der Waals surface area (Å²) in [4.78, 5) is 8.49. The molecule has 0 spiro atoms. The Morgan fingerprint density at radius 3 is 2.42 bits per heavy atom. The van der Waals surface area contributed by atoms with Crippen molar-refractivity contribution >= 4 is 7.75 Å². The molecular weight excluding hydrogens is 179 g/mol. The van der Waals surface area contributed by atoms with Crippen LogP contribution in [-0.4, -0.2) is 11.5 Å². The summed E-state index contributed by atoms with van der Waals surface area (Å²) < 4.78 is 14.8. The molecule has 0 saturated carbocycles. The van der Waals surface area contributed by atoms with Crippen molar-refractivity contribution in [2.75, 3.05) is 6.61 Å². The molecule has 5 nitrogen and oxygen atoms in total. The van der Waals surface area contributed by atoms with Gasteiger partial charge in [0.15, 0.2) is 0 Å². The monoisotopic (exact) mass is 198 g/mol. The second-order valence-corrected chi connectivity index (χ2v) is 3.84. The molecule has 0 aliphatic rings. The topological polar surface area (TPSA) is 108 Å². The van der Waals surface area contributed by atoms with Gasteiger partial charge < -0.3 is 11.0 Å². The van der Waals surface area contributed by atoms with E-state index in [0.717, 1.165) is 25.7 Å². The molecule has 12 heavy (non-hydrogen) atoms. The van der Waals surface area contributed by atoms with Crippen LogP contribution in [0.1, 0.15) is 32.6 Å². The number of rotatable bonds is 6. The number of hydrogen-bond donors (Lipinski definition) is 3. The van der Waals surface area contributed by atoms with E-state index in [-0.39, 0.29) is 12.8 Å². The zero-order chi connectivity index (χ0) is 8.74. The van der Waals surface area contributed by atoms with Crippen LogP contribution in [0.25, 0.3) is 0 Å². The minimum absolute atomic E-state index is 0. The lowest BCUT2D eigenvalue weighted by Gasteiger charge is -2.04. The zero-order valence-corrected chi connectivity index (χ0v) is 8.43. The molecule has 6 N–H and O–H groups in total. The average Bonchev–Trinajstić information content (AvgIpc) is 1.85. The lowest BCUT2D eigenvalue weighted by molar-refractivity contribution is 0.253. The lowest BCUT2D eigenvalue weighted by atomic mass is 10.2. The Hall–Kier alpha value is 0.0700. The van der Waals surface area contributed by atoms with Crippen LogP contribution in [0.4, 0.5) is 0 Å². The van der Waals surface area contributed by atoms with E-state index in [1.54, 1.807) is 0 Å². The molecule has 0 amide bonds. The van der Waals surface area contributed by atoms with Crippen molar-refractivity contribution in [2.24, 2.45) is 5.50 Å². The summed E-state index contributed by atoms with van der Waals surface area (Å²) in [7, 11) is -3.71. The quantitative estimate of drug-likeness (QED) is 0.445. The highest BCUT2D eigenvalue weighted by atomic mass is 31.2. The van der Waals surface area contributed by atoms with Gasteiger partial charge >= 0.3 is 7.75 Å². The second kappa shape index (κ2) is 7.71. The van der Waals surface area contributed by atoms with Crippen molar-refractivity contribution in [3.63, 3.8) is 0 Å². The van der Waals surface area contributed by atoms with Gasteiger partial charge in [-0.3, -0.25) is 4.52 Å². The Kier molecular flexibility index (Phi) is 9.37. The van der Waals surface area contributed by atoms with Gasteiger partial charge in [0, 0.05) is 0 Å². The number of nitrogens with two attached hydrogens (primary N) is 1. The van der Waals surface area contributed by atoms with Crippen molar-refractivity contribution in [3.05, 3.63) is 0 Å². The van der Waals surface area contributed by atoms with Crippen LogP contribution in [0.2, 0.25) is 0 Å². The van der Waals surface area contributed by atoms with Crippen molar-refractivity contribution < 1.29 is 14.0 Å². The van der Waals surface area contributed by atoms with Crippen LogP contribution in [0.5, 0.6) is 0 Å². The Balaban J connectivity index is 0. The molecule has 0 fully saturated rings. The van der Waals surface area contributed by atoms with Crippen molar-refractivity contribution in [2.45, 2.75) is 32.6 Å². The molecule has 1 unspecified atom stereocenters. The lowest BCUT2D eigenvalue weighted by Crippen LogP contribution is -1.99. The first-order valence-electron chi connectivity index (χ1n) is 3.82. The first-order chi connectivity index (χ1) is 5.06. The smallest absolute Gasteiger partial charge is 0.344 e. The van der Waals surface area contributed by atoms with Crippen molar-refractivity contribution in [3.8, 4) is 0 Å². The summed E-state index contributed by atoms with van der Waals surface area (Å²) in [6.07, 6.45) is 4.09. The standard InChI is InChI=1S/C6H16NO3P.H3N/c1-2-3-4-5-6-10-11(7,8)9;/h2-6H2,1H3,(H3,7,8,9);1H3. The zero-order valence-electron chi connectivity index (χ0n) is 7.53. The maximum absolute atomic E-state index is 10.4. The molecule has 0 rings (SSSR count). The molecule has 0 aromatic carbocycles. The molecule has 0 aliphatic heterocycles. The van der Waals surface area contributed by atoms with E-state index in [9.17, 15) is 4.57 Å². The summed E-state index contributed by atoms with van der Waals surface area (Å²) in [5.41, 5.74) is 4.74. The van der Waals surface area contributed by atoms with Crippen LogP contribution in [0.15, 0.2) is 0 Å². The Bertz CT molecular complexity index is 137. The predicted octanol–water partition coefficient (Wildman–Crippen LogP) is 1.80. The highest BCUT2D eigenvalue weighted by molar-refractivity contribution is 7.50. The highest BCUT2D eigenvalue weighted by Gasteiger charge is 2.08. The van der Waals surface area contributed by atoms with E-state index in [2.05, 4.69) is 11.4 Å². The number of unbranched alkanes of at least 4 members (excludes halogenated alkanes) is 3. The summed E-state index contributed by atoms with van der Waals surface area (Å²) in [6.45, 7) is 2.38. The van der Waals surface area contributed by atoms with E-state index in [0.29, 0.717) is 0 Å². The Morgan fingerprint density at radius 1 is 1.42 bits per heavy atom. The fourth-order valence-corrected chi connectivity index (χ4v) is 1.11. The van der Waals surface area contributed by atoms with Gasteiger partial charge in [-0.1, -0.05) is 26.2 Å². The van der Waals surface area contributed by atoms with E-state index in [1.165, 1.54) is 0 Å². The fourth-order valence-electron chi connectivity index (χ4n) is 0.724. The van der Waals surface area contributed by atoms with Gasteiger partial charge in [0.05, 0.1) is 6.61 Å². The summed E-state index contributed by atoms with van der Waals surface area (Å²) >= 11 is 0. The van der Waals surface area contributed by atoms with Gasteiger partial charge in [0.1, 0.15) is 0 Å². The first kappa shape index (κ1) is 14.6. The molecule has 76 valence electrons. The SMILES string of the molecule is CCCCCCOP(N)(=O)O.N. The van der Waals surface area contributed by atoms with Crippen LogP contribution in [0, 0.1) is 0 Å². The molecule has 0 bridgehead atoms. The molecule has 1 atom stereocenters. The molecule has 0 heterocycles. The average molecular weight is 198 g/mol. The van der Waals surface area contributed by atoms with Gasteiger partial charge in [-0.05, 0) is 6.42 Å². The number of hydrogen-bond acceptors (Lipinski definition) is 3. The third kappa shape index (κ3) is 12.7. The molecule has 0 saturated heterocycles. The Morgan fingerprint density at radius 2 is 2.00 bits per heavy atom. The summed E-state index contributed by atoms with van der Waals surface area (Å²) in [5, 5.41) is 0. The van der Waals surface area contributed by atoms with Crippen LogP contribution < -0.4 is 11.7 Å². The fraction of sp³-hybridized carbons (Fsp3) is 1.00. The summed E-state index contributed by atoms with van der Waals surface area (Å²) in [6, 6.07) is 0.